The third-order valence-electron chi connectivity index (χ3n) is 3.93. The zero-order valence-corrected chi connectivity index (χ0v) is 11.1. The van der Waals surface area contributed by atoms with Crippen LogP contribution in [0.3, 0.4) is 0 Å². The van der Waals surface area contributed by atoms with E-state index in [1.165, 1.54) is 44.9 Å². The van der Waals surface area contributed by atoms with Crippen molar-refractivity contribution in [3.05, 3.63) is 0 Å². The number of hydrogen-bond acceptors (Lipinski definition) is 3. The molecule has 3 atom stereocenters. The Kier molecular flexibility index (Phi) is 5.75. The van der Waals surface area contributed by atoms with E-state index in [2.05, 4.69) is 12.2 Å². The van der Waals surface area contributed by atoms with Crippen LogP contribution in [0.1, 0.15) is 51.9 Å². The summed E-state index contributed by atoms with van der Waals surface area (Å²) in [5.74, 6) is 0. The average molecular weight is 241 g/mol. The Morgan fingerprint density at radius 2 is 1.82 bits per heavy atom. The molecule has 0 aromatic carbocycles. The Balaban J connectivity index is 1.67. The van der Waals surface area contributed by atoms with E-state index in [9.17, 15) is 0 Å². The van der Waals surface area contributed by atoms with Gasteiger partial charge < -0.3 is 14.8 Å². The molecule has 0 radical (unpaired) electrons. The lowest BCUT2D eigenvalue weighted by Gasteiger charge is -2.22. The van der Waals surface area contributed by atoms with Crippen LogP contribution < -0.4 is 5.32 Å². The summed E-state index contributed by atoms with van der Waals surface area (Å²) in [5, 5.41) is 3.60. The Bertz CT molecular complexity index is 198. The van der Waals surface area contributed by atoms with Gasteiger partial charge >= 0.3 is 0 Å². The Morgan fingerprint density at radius 3 is 2.41 bits per heavy atom. The molecule has 3 heteroatoms. The predicted molar refractivity (Wildman–Crippen MR) is 69.3 cm³/mol. The summed E-state index contributed by atoms with van der Waals surface area (Å²) < 4.78 is 11.4. The van der Waals surface area contributed by atoms with Gasteiger partial charge in [0.1, 0.15) is 0 Å². The largest absolute Gasteiger partial charge is 0.378 e. The van der Waals surface area contributed by atoms with Gasteiger partial charge in [-0.1, -0.05) is 6.92 Å². The molecule has 0 amide bonds. The van der Waals surface area contributed by atoms with Gasteiger partial charge in [0, 0.05) is 19.3 Å². The summed E-state index contributed by atoms with van der Waals surface area (Å²) in [4.78, 5) is 0. The summed E-state index contributed by atoms with van der Waals surface area (Å²) >= 11 is 0. The molecule has 0 aromatic rings. The minimum atomic E-state index is 0.503. The van der Waals surface area contributed by atoms with Crippen molar-refractivity contribution >= 4 is 0 Å². The van der Waals surface area contributed by atoms with Gasteiger partial charge in [-0.05, 0) is 51.5 Å². The Labute approximate surface area is 105 Å². The Morgan fingerprint density at radius 1 is 1.12 bits per heavy atom. The van der Waals surface area contributed by atoms with Gasteiger partial charge in [-0.15, -0.1) is 0 Å². The summed E-state index contributed by atoms with van der Waals surface area (Å²) in [5.41, 5.74) is 0. The van der Waals surface area contributed by atoms with Crippen LogP contribution in [-0.2, 0) is 9.47 Å². The smallest absolute Gasteiger partial charge is 0.0590 e. The van der Waals surface area contributed by atoms with E-state index < -0.39 is 0 Å². The van der Waals surface area contributed by atoms with Gasteiger partial charge in [0.2, 0.25) is 0 Å². The summed E-state index contributed by atoms with van der Waals surface area (Å²) in [6, 6.07) is 0.618. The van der Waals surface area contributed by atoms with E-state index in [0.717, 1.165) is 19.8 Å². The highest BCUT2D eigenvalue weighted by atomic mass is 16.5. The van der Waals surface area contributed by atoms with E-state index in [-0.39, 0.29) is 0 Å². The second kappa shape index (κ2) is 7.34. The molecule has 3 nitrogen and oxygen atoms in total. The average Bonchev–Trinajstić information content (AvgIpc) is 2.99. The maximum atomic E-state index is 5.73. The maximum Gasteiger partial charge on any atom is 0.0590 e. The monoisotopic (exact) mass is 241 g/mol. The summed E-state index contributed by atoms with van der Waals surface area (Å²) in [6.07, 6.45) is 9.67. The number of ether oxygens (including phenoxy) is 2. The lowest BCUT2D eigenvalue weighted by atomic mass is 9.99. The quantitative estimate of drug-likeness (QED) is 0.743. The van der Waals surface area contributed by atoms with Crippen molar-refractivity contribution in [1.82, 2.24) is 5.32 Å². The lowest BCUT2D eigenvalue weighted by molar-refractivity contribution is 0.0818. The second-order valence-electron chi connectivity index (χ2n) is 5.34. The highest BCUT2D eigenvalue weighted by molar-refractivity contribution is 4.77. The molecule has 2 fully saturated rings. The van der Waals surface area contributed by atoms with E-state index in [1.807, 2.05) is 0 Å². The van der Waals surface area contributed by atoms with Crippen molar-refractivity contribution in [3.8, 4) is 0 Å². The molecule has 2 aliphatic rings. The predicted octanol–water partition coefficient (Wildman–Crippen LogP) is 2.49. The van der Waals surface area contributed by atoms with Crippen molar-refractivity contribution in [2.24, 2.45) is 0 Å². The van der Waals surface area contributed by atoms with Crippen LogP contribution in [-0.4, -0.2) is 38.0 Å². The topological polar surface area (TPSA) is 30.5 Å². The van der Waals surface area contributed by atoms with Gasteiger partial charge in [-0.25, -0.2) is 0 Å². The zero-order valence-electron chi connectivity index (χ0n) is 11.1. The molecule has 3 unspecified atom stereocenters. The van der Waals surface area contributed by atoms with Crippen LogP contribution in [0.4, 0.5) is 0 Å². The first kappa shape index (κ1) is 13.3. The first-order valence-corrected chi connectivity index (χ1v) is 7.35. The van der Waals surface area contributed by atoms with Gasteiger partial charge in [0.25, 0.3) is 0 Å². The van der Waals surface area contributed by atoms with Crippen LogP contribution in [0.5, 0.6) is 0 Å². The second-order valence-corrected chi connectivity index (χ2v) is 5.34. The van der Waals surface area contributed by atoms with E-state index in [0.29, 0.717) is 18.2 Å². The maximum absolute atomic E-state index is 5.73. The van der Waals surface area contributed by atoms with E-state index in [1.54, 1.807) is 0 Å². The SMILES string of the molecule is CCNC(CCC1CCCO1)CC1CCCO1. The Hall–Kier alpha value is -0.120. The minimum Gasteiger partial charge on any atom is -0.378 e. The van der Waals surface area contributed by atoms with Gasteiger partial charge in [0.15, 0.2) is 0 Å². The van der Waals surface area contributed by atoms with Crippen LogP contribution in [0.25, 0.3) is 0 Å². The zero-order chi connectivity index (χ0) is 11.9. The molecule has 0 bridgehead atoms. The standard InChI is InChI=1S/C14H27NO2/c1-2-15-12(11-14-6-4-10-17-14)7-8-13-5-3-9-16-13/h12-15H,2-11H2,1H3. The molecule has 2 rings (SSSR count). The van der Waals surface area contributed by atoms with Gasteiger partial charge in [0.05, 0.1) is 12.2 Å². The molecular formula is C14H27NO2. The first-order chi connectivity index (χ1) is 8.38. The van der Waals surface area contributed by atoms with Gasteiger partial charge in [-0.2, -0.15) is 0 Å². The summed E-state index contributed by atoms with van der Waals surface area (Å²) in [6.45, 7) is 5.19. The minimum absolute atomic E-state index is 0.503. The fraction of sp³-hybridized carbons (Fsp3) is 1.00. The fourth-order valence-electron chi connectivity index (χ4n) is 3.00. The molecule has 0 spiro atoms. The first-order valence-electron chi connectivity index (χ1n) is 7.35. The van der Waals surface area contributed by atoms with Gasteiger partial charge in [-0.3, -0.25) is 0 Å². The van der Waals surface area contributed by atoms with Crippen LogP contribution in [0.2, 0.25) is 0 Å². The molecule has 17 heavy (non-hydrogen) atoms. The molecule has 0 saturated carbocycles. The highest BCUT2D eigenvalue weighted by Gasteiger charge is 2.22. The number of nitrogens with one attached hydrogen (secondary N) is 1. The third-order valence-corrected chi connectivity index (χ3v) is 3.93. The lowest BCUT2D eigenvalue weighted by Crippen LogP contribution is -2.33. The molecule has 2 saturated heterocycles. The van der Waals surface area contributed by atoms with Crippen molar-refractivity contribution < 1.29 is 9.47 Å². The molecule has 2 aliphatic heterocycles. The van der Waals surface area contributed by atoms with E-state index in [4.69, 9.17) is 9.47 Å². The van der Waals surface area contributed by atoms with Crippen molar-refractivity contribution in [2.45, 2.75) is 70.1 Å². The number of rotatable bonds is 7. The van der Waals surface area contributed by atoms with E-state index >= 15 is 0 Å². The molecule has 0 aromatic heterocycles. The number of hydrogen-bond donors (Lipinski definition) is 1. The fourth-order valence-corrected chi connectivity index (χ4v) is 3.00. The van der Waals surface area contributed by atoms with Crippen LogP contribution in [0.15, 0.2) is 0 Å². The normalized spacial score (nSPS) is 30.9. The third kappa shape index (κ3) is 4.57. The molecule has 1 N–H and O–H groups in total. The molecule has 2 heterocycles. The van der Waals surface area contributed by atoms with Crippen LogP contribution >= 0.6 is 0 Å². The van der Waals surface area contributed by atoms with Crippen molar-refractivity contribution in [2.75, 3.05) is 19.8 Å². The molecule has 0 aliphatic carbocycles. The summed E-state index contributed by atoms with van der Waals surface area (Å²) in [7, 11) is 0. The van der Waals surface area contributed by atoms with Crippen molar-refractivity contribution in [1.29, 1.82) is 0 Å². The highest BCUT2D eigenvalue weighted by Crippen LogP contribution is 2.22. The molecule has 100 valence electrons. The van der Waals surface area contributed by atoms with Crippen LogP contribution in [0, 0.1) is 0 Å². The van der Waals surface area contributed by atoms with Crippen molar-refractivity contribution in [3.63, 3.8) is 0 Å². The molecular weight excluding hydrogens is 214 g/mol.